The molecule has 0 saturated heterocycles. The Balaban J connectivity index is 0.000000120. The molecule has 6 aromatic heterocycles. The quantitative estimate of drug-likeness (QED) is 0.161. The topological polar surface area (TPSA) is 50.3 Å². The summed E-state index contributed by atoms with van der Waals surface area (Å²) in [6.07, 6.45) is 24.0. The van der Waals surface area contributed by atoms with Crippen LogP contribution in [0.25, 0.3) is 67.2 Å². The highest BCUT2D eigenvalue weighted by Gasteiger charge is 2.31. The Morgan fingerprint density at radius 3 is 1.24 bits per heavy atom. The van der Waals surface area contributed by atoms with E-state index in [0.717, 1.165) is 56.3 Å². The van der Waals surface area contributed by atoms with Gasteiger partial charge in [0.15, 0.2) is 18.6 Å². The Hall–Kier alpha value is -7.44. The van der Waals surface area contributed by atoms with Gasteiger partial charge in [-0.25, -0.2) is 13.7 Å². The monoisotopic (exact) mass is 989 g/mol. The minimum absolute atomic E-state index is 0.355. The van der Waals surface area contributed by atoms with Crippen molar-refractivity contribution in [3.63, 3.8) is 0 Å². The van der Waals surface area contributed by atoms with Crippen LogP contribution < -0.4 is 13.7 Å². The fourth-order valence-corrected chi connectivity index (χ4v) is 12.9. The van der Waals surface area contributed by atoms with Gasteiger partial charge in [-0.1, -0.05) is 86.7 Å². The average Bonchev–Trinajstić information content (AvgIpc) is 4.36. The van der Waals surface area contributed by atoms with Gasteiger partial charge in [0.25, 0.3) is 0 Å². The zero-order chi connectivity index (χ0) is 55.7. The lowest BCUT2D eigenvalue weighted by Crippen LogP contribution is -2.31. The van der Waals surface area contributed by atoms with Crippen molar-refractivity contribution >= 4 is 0 Å². The number of pyridine rings is 6. The molecule has 3 aromatic carbocycles. The van der Waals surface area contributed by atoms with E-state index < -0.39 is 18.6 Å². The van der Waals surface area contributed by atoms with Crippen LogP contribution >= 0.6 is 0 Å². The Morgan fingerprint density at radius 1 is 0.440 bits per heavy atom. The SMILES string of the molecule is [2H]C([2H])([2H])c1ccc(-c2c(C)ccc3c2Cc2ncccc2-3)[n+](C)c1.[2H]C1(c2cc[n+](C)c(-c3c(C)ccc4c3Cc3ncccc3-4)c2)CCCC1.[2H]C1(c2cc[n+](C)c(-c3c(C)ccc4c3Cc3ncccc3-4)c2)CCCCC1. The number of rotatable bonds is 5. The number of aromatic nitrogens is 6. The number of hydrogen-bond acceptors (Lipinski definition) is 3. The van der Waals surface area contributed by atoms with Gasteiger partial charge in [-0.3, -0.25) is 15.0 Å². The second-order valence-corrected chi connectivity index (χ2v) is 21.6. The van der Waals surface area contributed by atoms with Gasteiger partial charge in [0.1, 0.15) is 21.1 Å². The molecule has 6 heteroatoms. The molecule has 9 aromatic rings. The fraction of sp³-hybridized carbons (Fsp3) is 0.304. The summed E-state index contributed by atoms with van der Waals surface area (Å²) in [6, 6.07) is 38.3. The summed E-state index contributed by atoms with van der Waals surface area (Å²) < 4.78 is 47.2. The lowest BCUT2D eigenvalue weighted by Gasteiger charge is -2.22. The molecule has 0 amide bonds. The number of aryl methyl sites for hydroxylation is 7. The Kier molecular flexibility index (Phi) is 11.6. The molecule has 2 saturated carbocycles. The van der Waals surface area contributed by atoms with Crippen LogP contribution in [0.1, 0.15) is 144 Å². The van der Waals surface area contributed by atoms with Crippen molar-refractivity contribution in [2.45, 2.75) is 116 Å². The van der Waals surface area contributed by atoms with Gasteiger partial charge in [0.05, 0.1) is 33.8 Å². The second kappa shape index (κ2) is 20.4. The molecule has 0 atom stereocenters. The third-order valence-corrected chi connectivity index (χ3v) is 16.8. The van der Waals surface area contributed by atoms with Gasteiger partial charge in [-0.15, -0.1) is 0 Å². The molecule has 0 radical (unpaired) electrons. The second-order valence-electron chi connectivity index (χ2n) is 21.6. The number of fused-ring (bicyclic) bond motifs is 9. The summed E-state index contributed by atoms with van der Waals surface area (Å²) in [5, 5.41) is 0. The van der Waals surface area contributed by atoms with Crippen LogP contribution in [0, 0.1) is 27.6 Å². The van der Waals surface area contributed by atoms with Crippen LogP contribution in [0.5, 0.6) is 0 Å². The molecule has 0 spiro atoms. The fourth-order valence-electron chi connectivity index (χ4n) is 12.9. The molecule has 0 aliphatic heterocycles. The van der Waals surface area contributed by atoms with E-state index in [2.05, 4.69) is 150 Å². The standard InChI is InChI=1S/C25H27N2.C24H25N2.C20H19N2/c1-17-10-11-20-21-9-6-13-26-23(21)16-22(20)25(17)24-15-19(12-14-27(24)2)18-7-4-3-5-8-18;1-16-9-10-19-20-8-5-12-25-22(20)15-21(19)24(16)23-14-18(11-13-26(23)2)17-6-3-4-7-17;1-13-6-9-19(22(3)12-13)20-14(2)7-8-15-16-5-4-10-21-18(16)11-17(15)20/h6,9-15,18H,3-5,7-8,16H2,1-2H3;5,8-14,17H,3-4,6-7,15H2,1-2H3;4-10,12H,11H2,1-3H3/q3*+1/i18D;17D;1D3. The van der Waals surface area contributed by atoms with Crippen molar-refractivity contribution in [3.05, 3.63) is 214 Å². The van der Waals surface area contributed by atoms with Crippen molar-refractivity contribution < 1.29 is 20.6 Å². The number of benzene rings is 3. The number of hydrogen-bond donors (Lipinski definition) is 0. The highest BCUT2D eigenvalue weighted by Crippen LogP contribution is 2.45. The van der Waals surface area contributed by atoms with E-state index in [-0.39, 0.29) is 0 Å². The molecule has 0 bridgehead atoms. The van der Waals surface area contributed by atoms with Crippen molar-refractivity contribution in [3.8, 4) is 67.2 Å². The van der Waals surface area contributed by atoms with Crippen molar-refractivity contribution in [1.82, 2.24) is 15.0 Å². The first-order valence-corrected chi connectivity index (χ1v) is 27.2. The zero-order valence-corrected chi connectivity index (χ0v) is 44.5. The average molecular weight is 989 g/mol. The molecule has 5 aliphatic carbocycles. The third-order valence-electron chi connectivity index (χ3n) is 16.8. The summed E-state index contributed by atoms with van der Waals surface area (Å²) >= 11 is 0. The minimum Gasteiger partial charge on any atom is -0.260 e. The lowest BCUT2D eigenvalue weighted by atomic mass is 9.83. The van der Waals surface area contributed by atoms with E-state index >= 15 is 0 Å². The zero-order valence-electron chi connectivity index (χ0n) is 49.5. The maximum atomic E-state index is 9.08. The van der Waals surface area contributed by atoms with E-state index in [1.807, 2.05) is 54.5 Å². The van der Waals surface area contributed by atoms with Crippen molar-refractivity contribution in [2.24, 2.45) is 21.1 Å². The first-order chi connectivity index (χ1) is 38.5. The largest absolute Gasteiger partial charge is 0.260 e. The van der Waals surface area contributed by atoms with E-state index in [4.69, 9.17) is 6.85 Å². The molecule has 0 unspecified atom stereocenters. The Morgan fingerprint density at radius 2 is 0.840 bits per heavy atom. The van der Waals surface area contributed by atoms with Gasteiger partial charge in [0.2, 0.25) is 17.1 Å². The summed E-state index contributed by atoms with van der Waals surface area (Å²) in [7, 11) is 6.14. The molecule has 6 heterocycles. The van der Waals surface area contributed by atoms with Crippen molar-refractivity contribution in [2.75, 3.05) is 0 Å². The first-order valence-electron chi connectivity index (χ1n) is 29.7. The van der Waals surface area contributed by atoms with Crippen LogP contribution in [0.2, 0.25) is 0 Å². The predicted octanol–water partition coefficient (Wildman–Crippen LogP) is 14.4. The molecule has 0 N–H and O–H groups in total. The molecular formula is C69H71N6+3. The molecular weight excluding hydrogens is 913 g/mol. The van der Waals surface area contributed by atoms with Crippen LogP contribution in [0.15, 0.2) is 146 Å². The third kappa shape index (κ3) is 9.10. The normalized spacial score (nSPS) is 16.9. The van der Waals surface area contributed by atoms with E-state index in [1.54, 1.807) is 12.3 Å². The van der Waals surface area contributed by atoms with Gasteiger partial charge >= 0.3 is 0 Å². The summed E-state index contributed by atoms with van der Waals surface area (Å²) in [4.78, 5) is 13.8. The number of nitrogens with zero attached hydrogens (tertiary/aromatic N) is 6. The highest BCUT2D eigenvalue weighted by atomic mass is 14.9. The highest BCUT2D eigenvalue weighted by molar-refractivity contribution is 5.86. The van der Waals surface area contributed by atoms with E-state index in [0.29, 0.717) is 5.56 Å². The van der Waals surface area contributed by atoms with Gasteiger partial charge in [-0.2, -0.15) is 0 Å². The predicted molar refractivity (Wildman–Crippen MR) is 303 cm³/mol. The Labute approximate surface area is 452 Å². The van der Waals surface area contributed by atoms with Crippen LogP contribution in [-0.4, -0.2) is 15.0 Å². The summed E-state index contributed by atoms with van der Waals surface area (Å²) in [5.41, 5.74) is 28.8. The summed E-state index contributed by atoms with van der Waals surface area (Å²) in [6.45, 7) is 4.41. The van der Waals surface area contributed by atoms with E-state index in [9.17, 15) is 0 Å². The Bertz CT molecular complexity index is 3910. The van der Waals surface area contributed by atoms with Gasteiger partial charge < -0.3 is 0 Å². The maximum Gasteiger partial charge on any atom is 0.213 e. The van der Waals surface area contributed by atoms with Gasteiger partial charge in [-0.05, 0) is 151 Å². The van der Waals surface area contributed by atoms with Gasteiger partial charge in [0, 0.05) is 97.3 Å². The molecule has 14 rings (SSSR count). The lowest BCUT2D eigenvalue weighted by molar-refractivity contribution is -0.660. The molecule has 374 valence electrons. The van der Waals surface area contributed by atoms with Crippen molar-refractivity contribution in [1.29, 1.82) is 0 Å². The molecule has 5 aliphatic rings. The molecule has 75 heavy (non-hydrogen) atoms. The first kappa shape index (κ1) is 42.9. The molecule has 6 nitrogen and oxygen atoms in total. The maximum absolute atomic E-state index is 9.08. The minimum atomic E-state index is -2.09. The van der Waals surface area contributed by atoms with E-state index in [1.165, 1.54) is 149 Å². The van der Waals surface area contributed by atoms with Crippen LogP contribution in [0.4, 0.5) is 0 Å². The molecule has 2 fully saturated rings. The van der Waals surface area contributed by atoms with Crippen LogP contribution in [-0.2, 0) is 40.4 Å². The van der Waals surface area contributed by atoms with Crippen LogP contribution in [0.3, 0.4) is 0 Å². The smallest absolute Gasteiger partial charge is 0.213 e. The summed E-state index contributed by atoms with van der Waals surface area (Å²) in [5.74, 6) is -0.850.